The van der Waals surface area contributed by atoms with E-state index in [1.807, 2.05) is 12.1 Å². The lowest BCUT2D eigenvalue weighted by molar-refractivity contribution is -0.136. The van der Waals surface area contributed by atoms with E-state index >= 15 is 0 Å². The number of ketones is 1. The summed E-state index contributed by atoms with van der Waals surface area (Å²) in [5.74, 6) is -2.95. The second-order valence-electron chi connectivity index (χ2n) is 36.6. The fraction of sp³-hybridized carbons (Fsp3) is 0.430. The van der Waals surface area contributed by atoms with Crippen LogP contribution in [0.2, 0.25) is 36.3 Å². The number of imide groups is 1. The number of anilines is 6. The van der Waals surface area contributed by atoms with Crippen LogP contribution in [0.1, 0.15) is 149 Å². The number of nitrogens with one attached hydrogen (secondary N) is 1. The van der Waals surface area contributed by atoms with Crippen molar-refractivity contribution in [1.29, 1.82) is 0 Å². The summed E-state index contributed by atoms with van der Waals surface area (Å²) < 4.78 is 47.2. The first kappa shape index (κ1) is 83.3. The lowest BCUT2D eigenvalue weighted by Crippen LogP contribution is -2.67. The molecule has 15 aliphatic heterocycles. The maximum absolute atomic E-state index is 14.1. The summed E-state index contributed by atoms with van der Waals surface area (Å²) in [6, 6.07) is 57.9. The average Bonchev–Trinajstić information content (AvgIpc) is 1.62. The second-order valence-corrected chi connectivity index (χ2v) is 49.3. The summed E-state index contributed by atoms with van der Waals surface area (Å²) in [6.45, 7) is 19.4. The molecule has 0 bridgehead atoms. The molecule has 24 nitrogen and oxygen atoms in total. The molecule has 15 heterocycles. The van der Waals surface area contributed by atoms with Crippen molar-refractivity contribution in [2.75, 3.05) is 200 Å². The number of esters is 2. The summed E-state index contributed by atoms with van der Waals surface area (Å²) in [5.41, 5.74) is 13.8. The van der Waals surface area contributed by atoms with Crippen LogP contribution in [0, 0.1) is 0 Å². The van der Waals surface area contributed by atoms with Gasteiger partial charge in [-0.25, -0.2) is 14.4 Å². The number of carboxylic acid groups (broad SMARTS) is 1. The topological polar surface area (TPSA) is 248 Å². The third kappa shape index (κ3) is 14.5. The SMILES string of the molecule is O=C(NCCN1C(=O)C=CC1=O)c1ccc2c(c1)C(=O)OC21c2ccc(N3CCOCC3)cc2[Si]2(CCCCC2)c2cc(N3CCOCC3)ccc21.O=C(O)c1ccc2c(c1)C(=O)OC21c2ccc(N3CCOCC3)cc2[Si]2(CCCCC2)c2cc(N3CCOCC3)ccc21.O=C1c2ccc(N3CCOCC3)cc2[Si]2(CCCCC2)c2cc(N3CCOCC3)ccc21. The average molecular weight is 1760 g/mol. The Morgan fingerprint density at radius 1 is 0.323 bits per heavy atom. The number of carbonyl (C=O) groups excluding carboxylic acids is 6. The van der Waals surface area contributed by atoms with Gasteiger partial charge in [-0.05, 0) is 177 Å². The highest BCUT2D eigenvalue weighted by Gasteiger charge is 2.61. The first-order valence-electron chi connectivity index (χ1n) is 46.4. The number of carboxylic acids is 1. The van der Waals surface area contributed by atoms with E-state index < -0.39 is 71.1 Å². The van der Waals surface area contributed by atoms with Crippen LogP contribution >= 0.6 is 0 Å². The third-order valence-corrected chi connectivity index (χ3v) is 46.2. The smallest absolute Gasteiger partial charge is 0.340 e. The summed E-state index contributed by atoms with van der Waals surface area (Å²) in [6.07, 6.45) is 13.5. The number of hydrogen-bond acceptors (Lipinski definition) is 21. The third-order valence-electron chi connectivity index (χ3n) is 30.3. The first-order valence-corrected chi connectivity index (χ1v) is 53.6. The van der Waals surface area contributed by atoms with Crippen molar-refractivity contribution < 1.29 is 76.6 Å². The van der Waals surface area contributed by atoms with Crippen LogP contribution in [0.15, 0.2) is 158 Å². The molecule has 0 saturated carbocycles. The fourth-order valence-electron chi connectivity index (χ4n) is 23.9. The van der Waals surface area contributed by atoms with Crippen molar-refractivity contribution in [3.63, 3.8) is 0 Å². The van der Waals surface area contributed by atoms with Crippen molar-refractivity contribution in [1.82, 2.24) is 10.2 Å². The lowest BCUT2D eigenvalue weighted by atomic mass is 9.78. The van der Waals surface area contributed by atoms with E-state index in [2.05, 4.69) is 144 Å². The summed E-state index contributed by atoms with van der Waals surface area (Å²) in [4.78, 5) is 106. The number of carbonyl (C=O) groups is 7. The Labute approximate surface area is 743 Å². The molecule has 5 spiro atoms. The van der Waals surface area contributed by atoms with Crippen LogP contribution in [0.3, 0.4) is 0 Å². The van der Waals surface area contributed by atoms with Gasteiger partial charge in [0.15, 0.2) is 17.0 Å². The van der Waals surface area contributed by atoms with E-state index in [1.54, 1.807) is 18.2 Å². The number of fused-ring (bicyclic) bond motifs is 20. The predicted molar refractivity (Wildman–Crippen MR) is 494 cm³/mol. The maximum Gasteiger partial charge on any atom is 0.340 e. The Balaban J connectivity index is 0.000000119. The van der Waals surface area contributed by atoms with Gasteiger partial charge in [0.05, 0.1) is 96.0 Å². The number of nitrogens with zero attached hydrogens (tertiary/aromatic N) is 7. The fourth-order valence-corrected chi connectivity index (χ4v) is 40.9. The summed E-state index contributed by atoms with van der Waals surface area (Å²) >= 11 is 0. The van der Waals surface area contributed by atoms with Gasteiger partial charge in [0.1, 0.15) is 24.2 Å². The van der Waals surface area contributed by atoms with Gasteiger partial charge < -0.3 is 77.7 Å². The molecule has 0 aliphatic carbocycles. The maximum atomic E-state index is 14.1. The number of ether oxygens (including phenoxy) is 8. The Bertz CT molecular complexity index is 5490. The quantitative estimate of drug-likeness (QED) is 0.0697. The van der Waals surface area contributed by atoms with Gasteiger partial charge in [-0.15, -0.1) is 0 Å². The molecule has 127 heavy (non-hydrogen) atoms. The van der Waals surface area contributed by atoms with Crippen LogP contribution in [-0.4, -0.2) is 247 Å². The van der Waals surface area contributed by atoms with Crippen molar-refractivity contribution in [2.45, 2.75) is 105 Å². The van der Waals surface area contributed by atoms with Gasteiger partial charge in [0.2, 0.25) is 0 Å². The molecule has 2 N–H and O–H groups in total. The Morgan fingerprint density at radius 2 is 0.598 bits per heavy atom. The van der Waals surface area contributed by atoms with Crippen molar-refractivity contribution in [3.05, 3.63) is 225 Å². The van der Waals surface area contributed by atoms with Gasteiger partial charge in [0.25, 0.3) is 17.7 Å². The number of amides is 3. The highest BCUT2D eigenvalue weighted by molar-refractivity contribution is 7.05. The minimum absolute atomic E-state index is 0.0601. The Hall–Kier alpha value is -10.6. The van der Waals surface area contributed by atoms with Gasteiger partial charge in [-0.2, -0.15) is 0 Å². The minimum atomic E-state index is -2.33. The van der Waals surface area contributed by atoms with E-state index in [0.717, 1.165) is 166 Å². The van der Waals surface area contributed by atoms with Crippen LogP contribution in [-0.2, 0) is 58.7 Å². The highest BCUT2D eigenvalue weighted by atomic mass is 28.3. The van der Waals surface area contributed by atoms with Gasteiger partial charge in [-0.1, -0.05) is 94.2 Å². The largest absolute Gasteiger partial charge is 0.478 e. The van der Waals surface area contributed by atoms with E-state index in [0.29, 0.717) is 69.5 Å². The zero-order chi connectivity index (χ0) is 86.2. The molecule has 8 aromatic rings. The minimum Gasteiger partial charge on any atom is -0.478 e. The molecule has 15 aliphatic rings. The van der Waals surface area contributed by atoms with Gasteiger partial charge in [0, 0.05) is 188 Å². The predicted octanol–water partition coefficient (Wildman–Crippen LogP) is 8.77. The normalized spacial score (nSPS) is 21.8. The summed E-state index contributed by atoms with van der Waals surface area (Å²) in [7, 11) is -6.58. The molecule has 658 valence electrons. The van der Waals surface area contributed by atoms with Crippen molar-refractivity contribution in [2.24, 2.45) is 0 Å². The summed E-state index contributed by atoms with van der Waals surface area (Å²) in [5, 5.41) is 20.8. The molecule has 9 saturated heterocycles. The molecular weight excluding hydrogens is 1650 g/mol. The number of rotatable bonds is 11. The Kier molecular flexibility index (Phi) is 22.6. The van der Waals surface area contributed by atoms with Crippen molar-refractivity contribution >= 4 is 131 Å². The molecule has 0 aromatic heterocycles. The monoisotopic (exact) mass is 1760 g/mol. The van der Waals surface area contributed by atoms with Crippen LogP contribution in [0.5, 0.6) is 0 Å². The molecule has 8 aromatic carbocycles. The molecule has 0 atom stereocenters. The molecule has 23 rings (SSSR count). The number of benzene rings is 8. The molecule has 9 fully saturated rings. The highest BCUT2D eigenvalue weighted by Crippen LogP contribution is 2.54. The standard InChI is InChI=1S/C40H42N4O7Si.C34H36N2O6Si.C26H32N2O3Si/c45-36-10-11-37(46)44(36)13-12-41-38(47)27-4-7-31-30(24-27)39(48)51-40(31)32-8-5-28(42-14-18-49-19-15-42)25-34(32)52(22-2-1-3-23-52)35-26-29(6-9-33(35)40)43-16-20-50-21-17-43;37-32(38)23-4-7-27-26(20-23)33(39)42-34(27)28-8-5-24(35-10-14-40-15-11-35)21-30(28)43(18-2-1-3-19-43)31-22-25(6-9-29(31)34)36-12-16-41-17-13-36;29-26-22-6-4-20(27-8-12-30-13-9-27)18-24(22)32(16-2-1-3-17-32)25-19-21(5-7-23(25)26)28-10-14-31-15-11-28/h4-11,24-26H,1-3,12-23H2,(H,41,47);4-9,20-22H,1-3,10-19H2,(H,37,38);4-7,18-19H,1-3,8-17H2. The Morgan fingerprint density at radius 3 is 0.913 bits per heavy atom. The number of hydrogen-bond donors (Lipinski definition) is 2. The van der Waals surface area contributed by atoms with E-state index in [1.165, 1.54) is 165 Å². The number of morpholine rings is 6. The molecule has 0 radical (unpaired) electrons. The zero-order valence-corrected chi connectivity index (χ0v) is 75.2. The van der Waals surface area contributed by atoms with Gasteiger partial charge in [-0.3, -0.25) is 24.1 Å². The first-order chi connectivity index (χ1) is 62.2. The second kappa shape index (κ2) is 34.4. The zero-order valence-electron chi connectivity index (χ0n) is 72.2. The lowest BCUT2D eigenvalue weighted by Gasteiger charge is -2.49. The van der Waals surface area contributed by atoms with E-state index in [9.17, 15) is 38.7 Å². The molecule has 27 heteroatoms. The van der Waals surface area contributed by atoms with E-state index in [4.69, 9.17) is 37.9 Å². The molecule has 3 amide bonds. The molecule has 0 unspecified atom stereocenters. The van der Waals surface area contributed by atoms with Gasteiger partial charge >= 0.3 is 17.9 Å². The van der Waals surface area contributed by atoms with E-state index in [-0.39, 0.29) is 24.4 Å². The van der Waals surface area contributed by atoms with Crippen LogP contribution in [0.25, 0.3) is 0 Å². The number of aromatic carboxylic acids is 1. The molecular formula is C100H110N8O16Si3. The van der Waals surface area contributed by atoms with Crippen molar-refractivity contribution in [3.8, 4) is 0 Å². The van der Waals surface area contributed by atoms with Crippen LogP contribution < -0.4 is 65.8 Å². The van der Waals surface area contributed by atoms with Crippen LogP contribution in [0.4, 0.5) is 34.1 Å².